The molecule has 15 heavy (non-hydrogen) atoms. The first-order valence-corrected chi connectivity index (χ1v) is 5.27. The monoisotopic (exact) mass is 205 g/mol. The fourth-order valence-corrected chi connectivity index (χ4v) is 1.33. The molecule has 0 unspecified atom stereocenters. The molecule has 3 nitrogen and oxygen atoms in total. The molecule has 3 N–H and O–H groups in total. The van der Waals surface area contributed by atoms with Gasteiger partial charge in [0.15, 0.2) is 0 Å². The van der Waals surface area contributed by atoms with Gasteiger partial charge in [0.1, 0.15) is 5.84 Å². The van der Waals surface area contributed by atoms with Crippen molar-refractivity contribution in [2.75, 3.05) is 6.54 Å². The van der Waals surface area contributed by atoms with Crippen molar-refractivity contribution >= 4 is 5.84 Å². The minimum atomic E-state index is 0.764. The van der Waals surface area contributed by atoms with Crippen LogP contribution in [0.25, 0.3) is 0 Å². The van der Waals surface area contributed by atoms with Gasteiger partial charge in [-0.05, 0) is 37.5 Å². The molecule has 3 heteroatoms. The highest BCUT2D eigenvalue weighted by Crippen LogP contribution is 2.09. The lowest BCUT2D eigenvalue weighted by Crippen LogP contribution is -2.31. The zero-order valence-electron chi connectivity index (χ0n) is 9.67. The van der Waals surface area contributed by atoms with Gasteiger partial charge in [0.05, 0.1) is 0 Å². The molecule has 0 fully saturated rings. The zero-order chi connectivity index (χ0) is 11.3. The third kappa shape index (κ3) is 3.06. The number of nitrogens with zero attached hydrogens (tertiary/aromatic N) is 1. The third-order valence-corrected chi connectivity index (χ3v) is 2.41. The van der Waals surface area contributed by atoms with Gasteiger partial charge in [-0.3, -0.25) is 4.99 Å². The number of hydrazine groups is 1. The summed E-state index contributed by atoms with van der Waals surface area (Å²) in [6.45, 7) is 7.08. The minimum Gasteiger partial charge on any atom is -0.308 e. The Labute approximate surface area is 91.4 Å². The predicted molar refractivity (Wildman–Crippen MR) is 64.9 cm³/mol. The maximum absolute atomic E-state index is 5.45. The fourth-order valence-electron chi connectivity index (χ4n) is 1.33. The lowest BCUT2D eigenvalue weighted by molar-refractivity contribution is 0.907. The second-order valence-corrected chi connectivity index (χ2v) is 3.67. The second kappa shape index (κ2) is 5.51. The van der Waals surface area contributed by atoms with E-state index in [2.05, 4.69) is 43.3 Å². The van der Waals surface area contributed by atoms with Crippen molar-refractivity contribution in [3.8, 4) is 0 Å². The van der Waals surface area contributed by atoms with Crippen LogP contribution in [0.1, 0.15) is 30.0 Å². The van der Waals surface area contributed by atoms with E-state index in [0.717, 1.165) is 24.4 Å². The van der Waals surface area contributed by atoms with Crippen LogP contribution in [0, 0.1) is 13.8 Å². The van der Waals surface area contributed by atoms with Crippen molar-refractivity contribution in [3.63, 3.8) is 0 Å². The number of hydrogen-bond donors (Lipinski definition) is 2. The average molecular weight is 205 g/mol. The highest BCUT2D eigenvalue weighted by molar-refractivity contribution is 5.98. The van der Waals surface area contributed by atoms with E-state index in [-0.39, 0.29) is 0 Å². The van der Waals surface area contributed by atoms with Crippen molar-refractivity contribution in [2.45, 2.75) is 27.2 Å². The third-order valence-electron chi connectivity index (χ3n) is 2.41. The van der Waals surface area contributed by atoms with E-state index in [1.54, 1.807) is 0 Å². The van der Waals surface area contributed by atoms with Crippen molar-refractivity contribution in [1.29, 1.82) is 0 Å². The van der Waals surface area contributed by atoms with Gasteiger partial charge in [-0.2, -0.15) is 0 Å². The Hall–Kier alpha value is -1.35. The van der Waals surface area contributed by atoms with Gasteiger partial charge in [0.25, 0.3) is 0 Å². The topological polar surface area (TPSA) is 50.4 Å². The molecule has 0 aliphatic rings. The van der Waals surface area contributed by atoms with Gasteiger partial charge < -0.3 is 5.43 Å². The van der Waals surface area contributed by atoms with Crippen LogP contribution in [-0.2, 0) is 0 Å². The van der Waals surface area contributed by atoms with E-state index >= 15 is 0 Å². The van der Waals surface area contributed by atoms with Crippen LogP contribution in [0.5, 0.6) is 0 Å². The molecule has 0 spiro atoms. The molecule has 0 aliphatic heterocycles. The van der Waals surface area contributed by atoms with Crippen LogP contribution in [0.4, 0.5) is 0 Å². The lowest BCUT2D eigenvalue weighted by Gasteiger charge is -2.08. The first kappa shape index (κ1) is 11.7. The molecule has 0 aromatic heterocycles. The molecule has 0 saturated heterocycles. The number of aliphatic imine (C=N–C) groups is 1. The molecule has 1 aromatic carbocycles. The second-order valence-electron chi connectivity index (χ2n) is 3.67. The van der Waals surface area contributed by atoms with E-state index in [0.29, 0.717) is 0 Å². The Balaban J connectivity index is 2.97. The minimum absolute atomic E-state index is 0.764. The summed E-state index contributed by atoms with van der Waals surface area (Å²) in [6.07, 6.45) is 1.02. The summed E-state index contributed by atoms with van der Waals surface area (Å²) in [5.41, 5.74) is 6.24. The van der Waals surface area contributed by atoms with Crippen molar-refractivity contribution in [3.05, 3.63) is 34.9 Å². The molecule has 0 radical (unpaired) electrons. The van der Waals surface area contributed by atoms with Gasteiger partial charge in [0, 0.05) is 12.1 Å². The maximum atomic E-state index is 5.45. The summed E-state index contributed by atoms with van der Waals surface area (Å²) in [6, 6.07) is 6.23. The van der Waals surface area contributed by atoms with Crippen LogP contribution < -0.4 is 11.3 Å². The quantitative estimate of drug-likeness (QED) is 0.343. The number of nitrogens with two attached hydrogens (primary N) is 1. The van der Waals surface area contributed by atoms with Crippen LogP contribution in [0.15, 0.2) is 23.2 Å². The molecule has 82 valence electrons. The first-order valence-electron chi connectivity index (χ1n) is 5.27. The Morgan fingerprint density at radius 1 is 1.33 bits per heavy atom. The zero-order valence-corrected chi connectivity index (χ0v) is 9.67. The molecular weight excluding hydrogens is 186 g/mol. The average Bonchev–Trinajstić information content (AvgIpc) is 2.24. The standard InChI is InChI=1S/C12H19N3/c1-4-7-14-12(15-13)11-6-5-9(2)10(3)8-11/h5-6,8H,4,7,13H2,1-3H3,(H,14,15). The Bertz CT molecular complexity index is 356. The number of amidine groups is 1. The van der Waals surface area contributed by atoms with Gasteiger partial charge in [-0.1, -0.05) is 19.1 Å². The van der Waals surface area contributed by atoms with Crippen molar-refractivity contribution < 1.29 is 0 Å². The predicted octanol–water partition coefficient (Wildman–Crippen LogP) is 1.92. The first-order chi connectivity index (χ1) is 7.19. The maximum Gasteiger partial charge on any atom is 0.142 e. The summed E-state index contributed by atoms with van der Waals surface area (Å²) in [7, 11) is 0. The van der Waals surface area contributed by atoms with Gasteiger partial charge in [0.2, 0.25) is 0 Å². The Morgan fingerprint density at radius 3 is 2.60 bits per heavy atom. The normalized spacial score (nSPS) is 11.6. The number of benzene rings is 1. The SMILES string of the molecule is CCCN=C(NN)c1ccc(C)c(C)c1. The Morgan fingerprint density at radius 2 is 2.07 bits per heavy atom. The van der Waals surface area contributed by atoms with Gasteiger partial charge >= 0.3 is 0 Å². The largest absolute Gasteiger partial charge is 0.308 e. The molecule has 0 heterocycles. The number of rotatable bonds is 3. The molecule has 0 bridgehead atoms. The highest BCUT2D eigenvalue weighted by Gasteiger charge is 2.02. The van der Waals surface area contributed by atoms with Crippen LogP contribution in [0.3, 0.4) is 0 Å². The summed E-state index contributed by atoms with van der Waals surface area (Å²) < 4.78 is 0. The van der Waals surface area contributed by atoms with Crippen LogP contribution in [-0.4, -0.2) is 12.4 Å². The highest BCUT2D eigenvalue weighted by atomic mass is 15.2. The van der Waals surface area contributed by atoms with Crippen LogP contribution >= 0.6 is 0 Å². The Kier molecular flexibility index (Phi) is 4.31. The summed E-state index contributed by atoms with van der Waals surface area (Å²) in [4.78, 5) is 4.38. The van der Waals surface area contributed by atoms with E-state index in [4.69, 9.17) is 5.84 Å². The van der Waals surface area contributed by atoms with E-state index in [9.17, 15) is 0 Å². The smallest absolute Gasteiger partial charge is 0.142 e. The van der Waals surface area contributed by atoms with E-state index in [1.807, 2.05) is 6.07 Å². The number of hydrogen-bond acceptors (Lipinski definition) is 2. The van der Waals surface area contributed by atoms with Crippen molar-refractivity contribution in [1.82, 2.24) is 5.43 Å². The number of aryl methyl sites for hydroxylation is 2. The molecule has 0 aliphatic carbocycles. The molecule has 1 aromatic rings. The van der Waals surface area contributed by atoms with E-state index in [1.165, 1.54) is 11.1 Å². The number of nitrogens with one attached hydrogen (secondary N) is 1. The fraction of sp³-hybridized carbons (Fsp3) is 0.417. The van der Waals surface area contributed by atoms with Crippen LogP contribution in [0.2, 0.25) is 0 Å². The van der Waals surface area contributed by atoms with Gasteiger partial charge in [-0.25, -0.2) is 5.84 Å². The molecule has 0 saturated carbocycles. The molecule has 1 rings (SSSR count). The van der Waals surface area contributed by atoms with Crippen molar-refractivity contribution in [2.24, 2.45) is 10.8 Å². The van der Waals surface area contributed by atoms with E-state index < -0.39 is 0 Å². The summed E-state index contributed by atoms with van der Waals surface area (Å²) >= 11 is 0. The summed E-state index contributed by atoms with van der Waals surface area (Å²) in [5, 5.41) is 0. The molecule has 0 amide bonds. The lowest BCUT2D eigenvalue weighted by atomic mass is 10.1. The molecular formula is C12H19N3. The van der Waals surface area contributed by atoms with Gasteiger partial charge in [-0.15, -0.1) is 0 Å². The summed E-state index contributed by atoms with van der Waals surface area (Å²) in [5.74, 6) is 6.22. The molecule has 0 atom stereocenters.